The summed E-state index contributed by atoms with van der Waals surface area (Å²) >= 11 is 0. The Morgan fingerprint density at radius 2 is 1.79 bits per heavy atom. The second kappa shape index (κ2) is 9.45. The lowest BCUT2D eigenvalue weighted by atomic mass is 10.0. The van der Waals surface area contributed by atoms with Gasteiger partial charge in [0.2, 0.25) is 10.0 Å². The number of sulfonamides is 1. The summed E-state index contributed by atoms with van der Waals surface area (Å²) in [5.41, 5.74) is 0.432. The van der Waals surface area contributed by atoms with Gasteiger partial charge in [0.15, 0.2) is 0 Å². The Bertz CT molecular complexity index is 673. The molecule has 0 fully saturated rings. The average Bonchev–Trinajstić information content (AvgIpc) is 2.52. The molecule has 2 N–H and O–H groups in total. The minimum atomic E-state index is -3.63. The number of rotatable bonds is 9. The van der Waals surface area contributed by atoms with E-state index in [4.69, 9.17) is 6.42 Å². The molecule has 1 atom stereocenters. The van der Waals surface area contributed by atoms with Gasteiger partial charge in [0.1, 0.15) is 0 Å². The Labute approximate surface area is 145 Å². The Hall–Kier alpha value is -1.84. The molecule has 6 heteroatoms. The zero-order valence-corrected chi connectivity index (χ0v) is 15.3. The van der Waals surface area contributed by atoms with E-state index < -0.39 is 10.0 Å². The molecule has 0 radical (unpaired) electrons. The van der Waals surface area contributed by atoms with Crippen LogP contribution < -0.4 is 10.0 Å². The van der Waals surface area contributed by atoms with E-state index in [-0.39, 0.29) is 23.4 Å². The molecule has 0 aliphatic carbocycles. The van der Waals surface area contributed by atoms with E-state index in [1.54, 1.807) is 0 Å². The van der Waals surface area contributed by atoms with Crippen LogP contribution in [0.25, 0.3) is 0 Å². The highest BCUT2D eigenvalue weighted by atomic mass is 32.2. The first-order chi connectivity index (χ1) is 11.3. The number of amides is 1. The molecule has 0 saturated carbocycles. The Morgan fingerprint density at radius 3 is 2.33 bits per heavy atom. The van der Waals surface area contributed by atoms with Crippen molar-refractivity contribution in [3.05, 3.63) is 29.8 Å². The monoisotopic (exact) mass is 350 g/mol. The molecule has 1 rings (SSSR count). The van der Waals surface area contributed by atoms with Gasteiger partial charge in [0, 0.05) is 11.6 Å². The third-order valence-corrected chi connectivity index (χ3v) is 5.00. The molecule has 5 nitrogen and oxygen atoms in total. The van der Waals surface area contributed by atoms with Crippen LogP contribution in [0.2, 0.25) is 0 Å². The van der Waals surface area contributed by atoms with Crippen molar-refractivity contribution in [1.29, 1.82) is 0 Å². The minimum Gasteiger partial charge on any atom is -0.350 e. The molecule has 0 unspecified atom stereocenters. The minimum absolute atomic E-state index is 0.0710. The lowest BCUT2D eigenvalue weighted by Crippen LogP contribution is -2.32. The van der Waals surface area contributed by atoms with Crippen LogP contribution in [0.5, 0.6) is 0 Å². The fourth-order valence-corrected chi connectivity index (χ4v) is 3.15. The van der Waals surface area contributed by atoms with Crippen LogP contribution in [-0.2, 0) is 10.0 Å². The van der Waals surface area contributed by atoms with E-state index >= 15 is 0 Å². The zero-order chi connectivity index (χ0) is 18.2. The molecule has 0 heterocycles. The molecular formula is C18H26N2O3S. The van der Waals surface area contributed by atoms with Gasteiger partial charge in [0.25, 0.3) is 5.91 Å². The van der Waals surface area contributed by atoms with Crippen molar-refractivity contribution in [2.75, 3.05) is 6.54 Å². The summed E-state index contributed by atoms with van der Waals surface area (Å²) in [6, 6.07) is 5.88. The van der Waals surface area contributed by atoms with Crippen molar-refractivity contribution in [2.45, 2.75) is 51.0 Å². The predicted molar refractivity (Wildman–Crippen MR) is 96.1 cm³/mol. The lowest BCUT2D eigenvalue weighted by molar-refractivity contribution is 0.0937. The summed E-state index contributed by atoms with van der Waals surface area (Å²) in [4.78, 5) is 12.3. The highest BCUT2D eigenvalue weighted by molar-refractivity contribution is 7.89. The number of nitrogens with one attached hydrogen (secondary N) is 2. The molecule has 1 aromatic rings. The highest BCUT2D eigenvalue weighted by Gasteiger charge is 2.15. The van der Waals surface area contributed by atoms with E-state index in [9.17, 15) is 13.2 Å². The third-order valence-electron chi connectivity index (χ3n) is 3.59. The summed E-state index contributed by atoms with van der Waals surface area (Å²) in [5.74, 6) is 2.67. The number of hydrogen-bond acceptors (Lipinski definition) is 3. The van der Waals surface area contributed by atoms with Crippen molar-refractivity contribution in [3.63, 3.8) is 0 Å². The lowest BCUT2D eigenvalue weighted by Gasteiger charge is -2.14. The van der Waals surface area contributed by atoms with Gasteiger partial charge in [0.05, 0.1) is 11.4 Å². The summed E-state index contributed by atoms with van der Waals surface area (Å²) in [7, 11) is -3.63. The molecule has 24 heavy (non-hydrogen) atoms. The number of benzene rings is 1. The van der Waals surface area contributed by atoms with Crippen molar-refractivity contribution in [2.24, 2.45) is 5.92 Å². The van der Waals surface area contributed by atoms with Gasteiger partial charge in [-0.3, -0.25) is 4.79 Å². The van der Waals surface area contributed by atoms with Crippen LogP contribution >= 0.6 is 0 Å². The molecule has 0 saturated heterocycles. The van der Waals surface area contributed by atoms with Crippen LogP contribution in [-0.4, -0.2) is 26.9 Å². The topological polar surface area (TPSA) is 75.3 Å². The Balaban J connectivity index is 2.62. The molecule has 1 amide bonds. The summed E-state index contributed by atoms with van der Waals surface area (Å²) in [6.45, 7) is 6.26. The van der Waals surface area contributed by atoms with Gasteiger partial charge in [-0.2, -0.15) is 4.72 Å². The van der Waals surface area contributed by atoms with E-state index in [1.165, 1.54) is 24.3 Å². The quantitative estimate of drug-likeness (QED) is 0.672. The average molecular weight is 350 g/mol. The molecule has 0 aliphatic rings. The van der Waals surface area contributed by atoms with E-state index in [0.29, 0.717) is 11.5 Å². The smallest absolute Gasteiger partial charge is 0.251 e. The first-order valence-electron chi connectivity index (χ1n) is 8.10. The number of hydrogen-bond donors (Lipinski definition) is 2. The molecular weight excluding hydrogens is 324 g/mol. The van der Waals surface area contributed by atoms with E-state index in [1.807, 2.05) is 6.92 Å². The fraction of sp³-hybridized carbons (Fsp3) is 0.500. The predicted octanol–water partition coefficient (Wildman–Crippen LogP) is 2.54. The molecule has 1 aromatic carbocycles. The van der Waals surface area contributed by atoms with Crippen LogP contribution in [0.4, 0.5) is 0 Å². The maximum absolute atomic E-state index is 12.2. The second-order valence-electron chi connectivity index (χ2n) is 6.25. The standard InChI is InChI=1S/C18H26N2O3S/c1-5-13-19-24(22,23)17-11-9-16(10-12-17)18(21)20-15(4)8-6-7-14(2)3/h1,9-12,14-15,19H,6-8,13H2,2-4H3,(H,20,21)/t15-/m1/s1. The fourth-order valence-electron chi connectivity index (χ4n) is 2.22. The largest absolute Gasteiger partial charge is 0.350 e. The van der Waals surface area contributed by atoms with Crippen LogP contribution in [0.1, 0.15) is 50.4 Å². The second-order valence-corrected chi connectivity index (χ2v) is 8.02. The first kappa shape index (κ1) is 20.2. The summed E-state index contributed by atoms with van der Waals surface area (Å²) in [6.07, 6.45) is 8.17. The first-order valence-corrected chi connectivity index (χ1v) is 9.58. The van der Waals surface area contributed by atoms with Crippen LogP contribution in [0.3, 0.4) is 0 Å². The van der Waals surface area contributed by atoms with Crippen molar-refractivity contribution < 1.29 is 13.2 Å². The van der Waals surface area contributed by atoms with Gasteiger partial charge in [-0.25, -0.2) is 8.42 Å². The summed E-state index contributed by atoms with van der Waals surface area (Å²) < 4.78 is 26.1. The zero-order valence-electron chi connectivity index (χ0n) is 14.5. The van der Waals surface area contributed by atoms with Gasteiger partial charge in [-0.15, -0.1) is 6.42 Å². The normalized spacial score (nSPS) is 12.6. The number of carbonyl (C=O) groups excluding carboxylic acids is 1. The molecule has 132 valence electrons. The Kier molecular flexibility index (Phi) is 7.96. The Morgan fingerprint density at radius 1 is 1.17 bits per heavy atom. The van der Waals surface area contributed by atoms with Crippen molar-refractivity contribution >= 4 is 15.9 Å². The third kappa shape index (κ3) is 6.73. The van der Waals surface area contributed by atoms with E-state index in [0.717, 1.165) is 19.3 Å². The van der Waals surface area contributed by atoms with Crippen LogP contribution in [0, 0.1) is 18.3 Å². The van der Waals surface area contributed by atoms with Crippen molar-refractivity contribution in [3.8, 4) is 12.3 Å². The molecule has 0 spiro atoms. The maximum atomic E-state index is 12.2. The van der Waals surface area contributed by atoms with Gasteiger partial charge in [-0.1, -0.05) is 32.6 Å². The van der Waals surface area contributed by atoms with Gasteiger partial charge in [-0.05, 0) is 43.5 Å². The molecule has 0 bridgehead atoms. The summed E-state index contributed by atoms with van der Waals surface area (Å²) in [5, 5.41) is 2.93. The van der Waals surface area contributed by atoms with Crippen molar-refractivity contribution in [1.82, 2.24) is 10.0 Å². The molecule has 0 aromatic heterocycles. The van der Waals surface area contributed by atoms with Gasteiger partial charge < -0.3 is 5.32 Å². The van der Waals surface area contributed by atoms with Gasteiger partial charge >= 0.3 is 0 Å². The van der Waals surface area contributed by atoms with Crippen LogP contribution in [0.15, 0.2) is 29.2 Å². The SMILES string of the molecule is C#CCNS(=O)(=O)c1ccc(C(=O)N[C@H](C)CCCC(C)C)cc1. The highest BCUT2D eigenvalue weighted by Crippen LogP contribution is 2.12. The number of carbonyl (C=O) groups is 1. The molecule has 0 aliphatic heterocycles. The maximum Gasteiger partial charge on any atom is 0.251 e. The number of terminal acetylenes is 1. The van der Waals surface area contributed by atoms with E-state index in [2.05, 4.69) is 29.8 Å².